The molecule has 0 saturated carbocycles. The third-order valence-electron chi connectivity index (χ3n) is 4.39. The van der Waals surface area contributed by atoms with E-state index in [1.54, 1.807) is 30.5 Å². The maximum Gasteiger partial charge on any atom is 0.270 e. The Bertz CT molecular complexity index is 1260. The quantitative estimate of drug-likeness (QED) is 0.236. The molecule has 1 heterocycles. The van der Waals surface area contributed by atoms with Crippen LogP contribution in [0.5, 0.6) is 0 Å². The molecular formula is C23H17N3O3. The molecule has 0 fully saturated rings. The molecule has 6 heteroatoms. The second-order valence-corrected chi connectivity index (χ2v) is 6.48. The van der Waals surface area contributed by atoms with Crippen LogP contribution in [-0.2, 0) is 0 Å². The molecule has 6 nitrogen and oxygen atoms in total. The fourth-order valence-electron chi connectivity index (χ4n) is 2.95. The van der Waals surface area contributed by atoms with Gasteiger partial charge in [0.2, 0.25) is 5.89 Å². The fraction of sp³-hybridized carbons (Fsp3) is 0.0435. The minimum Gasteiger partial charge on any atom is -0.436 e. The van der Waals surface area contributed by atoms with Gasteiger partial charge in [0, 0.05) is 23.9 Å². The van der Waals surface area contributed by atoms with Gasteiger partial charge < -0.3 is 4.42 Å². The number of non-ortho nitro benzene ring substituents is 1. The number of aliphatic imine (C=N–C) groups is 1. The van der Waals surface area contributed by atoms with Gasteiger partial charge in [-0.25, -0.2) is 4.98 Å². The minimum atomic E-state index is -0.412. The summed E-state index contributed by atoms with van der Waals surface area (Å²) in [5.74, 6) is 0.554. The van der Waals surface area contributed by atoms with Crippen LogP contribution in [0.4, 0.5) is 11.4 Å². The van der Waals surface area contributed by atoms with E-state index < -0.39 is 4.92 Å². The van der Waals surface area contributed by atoms with Crippen LogP contribution in [-0.4, -0.2) is 16.1 Å². The van der Waals surface area contributed by atoms with Crippen LogP contribution >= 0.6 is 0 Å². The standard InChI is InChI=1S/C23H17N3O3/c1-16-6-2-12-21-22(16)25-23(29-21)18-9-4-10-19(15-18)24-13-5-8-17-7-3-11-20(14-17)26(27)28/h2-15H,1H3. The Kier molecular flexibility index (Phi) is 4.99. The van der Waals surface area contributed by atoms with Crippen molar-refractivity contribution in [3.8, 4) is 11.5 Å². The van der Waals surface area contributed by atoms with Crippen molar-refractivity contribution >= 4 is 34.8 Å². The van der Waals surface area contributed by atoms with Gasteiger partial charge in [0.15, 0.2) is 5.58 Å². The number of aromatic nitrogens is 1. The van der Waals surface area contributed by atoms with Gasteiger partial charge >= 0.3 is 0 Å². The van der Waals surface area contributed by atoms with E-state index in [0.29, 0.717) is 5.89 Å². The summed E-state index contributed by atoms with van der Waals surface area (Å²) < 4.78 is 5.87. The smallest absolute Gasteiger partial charge is 0.270 e. The average molecular weight is 383 g/mol. The van der Waals surface area contributed by atoms with Gasteiger partial charge in [0.05, 0.1) is 10.6 Å². The van der Waals surface area contributed by atoms with Crippen molar-refractivity contribution in [2.75, 3.05) is 0 Å². The second-order valence-electron chi connectivity index (χ2n) is 6.48. The normalized spacial score (nSPS) is 11.6. The largest absolute Gasteiger partial charge is 0.436 e. The van der Waals surface area contributed by atoms with Crippen molar-refractivity contribution in [3.05, 3.63) is 94.0 Å². The molecule has 3 aromatic carbocycles. The maximum atomic E-state index is 10.8. The highest BCUT2D eigenvalue weighted by Gasteiger charge is 2.10. The Labute approximate surface area is 167 Å². The van der Waals surface area contributed by atoms with E-state index in [4.69, 9.17) is 4.42 Å². The van der Waals surface area contributed by atoms with Crippen molar-refractivity contribution in [1.29, 1.82) is 0 Å². The molecule has 4 aromatic rings. The highest BCUT2D eigenvalue weighted by molar-refractivity contribution is 5.82. The monoisotopic (exact) mass is 383 g/mol. The Hall–Kier alpha value is -4.06. The SMILES string of the molecule is Cc1cccc2oc(-c3cccc(N=CC=Cc4cccc([N+](=O)[O-])c4)c3)nc12. The number of allylic oxidation sites excluding steroid dienone is 1. The lowest BCUT2D eigenvalue weighted by Gasteiger charge is -1.97. The Morgan fingerprint density at radius 2 is 1.90 bits per heavy atom. The molecule has 0 aliphatic heterocycles. The number of hydrogen-bond donors (Lipinski definition) is 0. The summed E-state index contributed by atoms with van der Waals surface area (Å²) in [4.78, 5) is 19.4. The van der Waals surface area contributed by atoms with E-state index in [1.807, 2.05) is 49.4 Å². The third kappa shape index (κ3) is 4.11. The number of benzene rings is 3. The minimum absolute atomic E-state index is 0.0605. The summed E-state index contributed by atoms with van der Waals surface area (Å²) in [6, 6.07) is 19.9. The van der Waals surface area contributed by atoms with E-state index >= 15 is 0 Å². The van der Waals surface area contributed by atoms with Crippen molar-refractivity contribution in [1.82, 2.24) is 4.98 Å². The van der Waals surface area contributed by atoms with E-state index in [1.165, 1.54) is 12.1 Å². The second kappa shape index (κ2) is 7.90. The molecule has 0 amide bonds. The summed E-state index contributed by atoms with van der Waals surface area (Å²) in [6.07, 6.45) is 5.16. The molecule has 0 spiro atoms. The molecule has 0 aliphatic carbocycles. The molecule has 29 heavy (non-hydrogen) atoms. The topological polar surface area (TPSA) is 81.5 Å². The summed E-state index contributed by atoms with van der Waals surface area (Å²) in [5, 5.41) is 10.8. The molecule has 142 valence electrons. The first-order valence-electron chi connectivity index (χ1n) is 9.02. The number of nitrogens with zero attached hydrogens (tertiary/aromatic N) is 3. The highest BCUT2D eigenvalue weighted by Crippen LogP contribution is 2.28. The predicted octanol–water partition coefficient (Wildman–Crippen LogP) is 6.13. The number of oxazole rings is 1. The van der Waals surface area contributed by atoms with Crippen LogP contribution in [0.2, 0.25) is 0 Å². The van der Waals surface area contributed by atoms with Crippen LogP contribution in [0.25, 0.3) is 28.6 Å². The highest BCUT2D eigenvalue weighted by atomic mass is 16.6. The summed E-state index contributed by atoms with van der Waals surface area (Å²) >= 11 is 0. The predicted molar refractivity (Wildman–Crippen MR) is 114 cm³/mol. The van der Waals surface area contributed by atoms with Crippen molar-refractivity contribution < 1.29 is 9.34 Å². The van der Waals surface area contributed by atoms with E-state index in [-0.39, 0.29) is 5.69 Å². The number of rotatable bonds is 5. The van der Waals surface area contributed by atoms with Gasteiger partial charge in [-0.1, -0.05) is 36.4 Å². The maximum absolute atomic E-state index is 10.8. The van der Waals surface area contributed by atoms with Crippen molar-refractivity contribution in [3.63, 3.8) is 0 Å². The zero-order valence-corrected chi connectivity index (χ0v) is 15.6. The van der Waals surface area contributed by atoms with Crippen LogP contribution in [0.3, 0.4) is 0 Å². The molecule has 0 bridgehead atoms. The molecule has 4 rings (SSSR count). The zero-order valence-electron chi connectivity index (χ0n) is 15.6. The van der Waals surface area contributed by atoms with Gasteiger partial charge in [-0.15, -0.1) is 0 Å². The number of nitro groups is 1. The lowest BCUT2D eigenvalue weighted by atomic mass is 10.2. The molecule has 0 saturated heterocycles. The number of fused-ring (bicyclic) bond motifs is 1. The van der Waals surface area contributed by atoms with E-state index in [0.717, 1.165) is 33.5 Å². The van der Waals surface area contributed by atoms with Crippen LogP contribution in [0.1, 0.15) is 11.1 Å². The number of aryl methyl sites for hydroxylation is 1. The first-order valence-corrected chi connectivity index (χ1v) is 9.02. The third-order valence-corrected chi connectivity index (χ3v) is 4.39. The van der Waals surface area contributed by atoms with Crippen LogP contribution < -0.4 is 0 Å². The molecule has 0 radical (unpaired) electrons. The zero-order chi connectivity index (χ0) is 20.2. The Morgan fingerprint density at radius 1 is 1.07 bits per heavy atom. The molecular weight excluding hydrogens is 366 g/mol. The Balaban J connectivity index is 1.53. The van der Waals surface area contributed by atoms with Gasteiger partial charge in [-0.05, 0) is 48.4 Å². The molecule has 0 atom stereocenters. The Morgan fingerprint density at radius 3 is 2.72 bits per heavy atom. The van der Waals surface area contributed by atoms with Gasteiger partial charge in [0.25, 0.3) is 5.69 Å². The summed E-state index contributed by atoms with van der Waals surface area (Å²) in [7, 11) is 0. The number of nitro benzene ring substituents is 1. The first kappa shape index (κ1) is 18.3. The van der Waals surface area contributed by atoms with Gasteiger partial charge in [-0.2, -0.15) is 0 Å². The first-order chi connectivity index (χ1) is 14.1. The van der Waals surface area contributed by atoms with Crippen LogP contribution in [0, 0.1) is 17.0 Å². The summed E-state index contributed by atoms with van der Waals surface area (Å²) in [6.45, 7) is 2.00. The average Bonchev–Trinajstić information content (AvgIpc) is 3.18. The lowest BCUT2D eigenvalue weighted by Crippen LogP contribution is -1.87. The van der Waals surface area contributed by atoms with E-state index in [9.17, 15) is 10.1 Å². The van der Waals surface area contributed by atoms with Crippen molar-refractivity contribution in [2.45, 2.75) is 6.92 Å². The summed E-state index contributed by atoms with van der Waals surface area (Å²) in [5.41, 5.74) is 5.08. The molecule has 0 aliphatic rings. The van der Waals surface area contributed by atoms with Crippen molar-refractivity contribution in [2.24, 2.45) is 4.99 Å². The van der Waals surface area contributed by atoms with Gasteiger partial charge in [-0.3, -0.25) is 15.1 Å². The lowest BCUT2D eigenvalue weighted by molar-refractivity contribution is -0.384. The molecule has 0 N–H and O–H groups in total. The molecule has 0 unspecified atom stereocenters. The number of hydrogen-bond acceptors (Lipinski definition) is 5. The van der Waals surface area contributed by atoms with E-state index in [2.05, 4.69) is 9.98 Å². The fourth-order valence-corrected chi connectivity index (χ4v) is 2.95. The number of para-hydroxylation sites is 1. The molecule has 1 aromatic heterocycles. The van der Waals surface area contributed by atoms with Gasteiger partial charge in [0.1, 0.15) is 5.52 Å². The van der Waals surface area contributed by atoms with Crippen LogP contribution in [0.15, 0.2) is 82.2 Å².